The molecule has 2 aromatic rings. The number of aliphatic carboxylic acids is 1. The zero-order valence-corrected chi connectivity index (χ0v) is 15.1. The van der Waals surface area contributed by atoms with Crippen molar-refractivity contribution in [2.45, 2.75) is 26.4 Å². The van der Waals surface area contributed by atoms with Crippen molar-refractivity contribution in [3.63, 3.8) is 0 Å². The number of para-hydroxylation sites is 1. The van der Waals surface area contributed by atoms with Crippen molar-refractivity contribution in [2.75, 3.05) is 7.11 Å². The molecule has 0 aliphatic carbocycles. The first-order chi connectivity index (χ1) is 12.4. The number of carbonyl (C=O) groups is 2. The Morgan fingerprint density at radius 2 is 1.85 bits per heavy atom. The van der Waals surface area contributed by atoms with Gasteiger partial charge in [-0.1, -0.05) is 18.2 Å². The summed E-state index contributed by atoms with van der Waals surface area (Å²) < 4.78 is 10.9. The van der Waals surface area contributed by atoms with Gasteiger partial charge in [0.1, 0.15) is 11.5 Å². The molecule has 2 aromatic carbocycles. The molecule has 1 N–H and O–H groups in total. The molecule has 136 valence electrons. The molecule has 0 unspecified atom stereocenters. The van der Waals surface area contributed by atoms with Gasteiger partial charge in [-0.25, -0.2) is 0 Å². The average Bonchev–Trinajstić information content (AvgIpc) is 2.59. The van der Waals surface area contributed by atoms with Crippen LogP contribution in [0.2, 0.25) is 0 Å². The van der Waals surface area contributed by atoms with Crippen LogP contribution in [0.15, 0.2) is 48.5 Å². The lowest BCUT2D eigenvalue weighted by atomic mass is 10.0. The van der Waals surface area contributed by atoms with E-state index in [1.807, 2.05) is 38.1 Å². The van der Waals surface area contributed by atoms with Gasteiger partial charge in [-0.2, -0.15) is 0 Å². The number of carboxylic acid groups (broad SMARTS) is 1. The summed E-state index contributed by atoms with van der Waals surface area (Å²) in [6.45, 7) is 3.87. The fourth-order valence-electron chi connectivity index (χ4n) is 2.47. The van der Waals surface area contributed by atoms with Gasteiger partial charge in [0.25, 0.3) is 0 Å². The first-order valence-corrected chi connectivity index (χ1v) is 8.27. The van der Waals surface area contributed by atoms with Crippen molar-refractivity contribution in [1.82, 2.24) is 0 Å². The van der Waals surface area contributed by atoms with Gasteiger partial charge >= 0.3 is 5.97 Å². The number of benzene rings is 2. The molecule has 0 fully saturated rings. The first-order valence-electron chi connectivity index (χ1n) is 8.27. The minimum absolute atomic E-state index is 0.0282. The number of hydrogen-bond donors (Lipinski definition) is 1. The van der Waals surface area contributed by atoms with Crippen molar-refractivity contribution in [2.24, 2.45) is 0 Å². The highest BCUT2D eigenvalue weighted by atomic mass is 16.5. The zero-order chi connectivity index (χ0) is 19.1. The standard InChI is InChI=1S/C21H22O5/c1-14(2)26-20-7-5-4-6-15(20)8-10-18(22)16-9-11-19(25-3)17(12-16)13-21(23)24/h4-12,14H,13H2,1-3H3,(H,23,24)/b10-8+. The van der Waals surface area contributed by atoms with Crippen molar-refractivity contribution in [1.29, 1.82) is 0 Å². The lowest BCUT2D eigenvalue weighted by molar-refractivity contribution is -0.136. The van der Waals surface area contributed by atoms with E-state index in [-0.39, 0.29) is 18.3 Å². The number of ether oxygens (including phenoxy) is 2. The summed E-state index contributed by atoms with van der Waals surface area (Å²) in [5, 5.41) is 9.00. The molecule has 0 aliphatic heterocycles. The second kappa shape index (κ2) is 8.85. The predicted molar refractivity (Wildman–Crippen MR) is 99.9 cm³/mol. The second-order valence-electron chi connectivity index (χ2n) is 6.00. The molecular weight excluding hydrogens is 332 g/mol. The Kier molecular flexibility index (Phi) is 6.55. The molecule has 2 rings (SSSR count). The number of ketones is 1. The van der Waals surface area contributed by atoms with Gasteiger partial charge in [-0.15, -0.1) is 0 Å². The Hall–Kier alpha value is -3.08. The van der Waals surface area contributed by atoms with E-state index in [1.54, 1.807) is 24.3 Å². The summed E-state index contributed by atoms with van der Waals surface area (Å²) in [5.74, 6) is -0.0571. The van der Waals surface area contributed by atoms with Crippen LogP contribution < -0.4 is 9.47 Å². The number of rotatable bonds is 8. The highest BCUT2D eigenvalue weighted by Crippen LogP contribution is 2.23. The predicted octanol–water partition coefficient (Wildman–Crippen LogP) is 4.01. The molecule has 0 bridgehead atoms. The van der Waals surface area contributed by atoms with E-state index in [2.05, 4.69) is 0 Å². The van der Waals surface area contributed by atoms with Crippen LogP contribution in [-0.2, 0) is 11.2 Å². The lowest BCUT2D eigenvalue weighted by Crippen LogP contribution is -2.06. The van der Waals surface area contributed by atoms with Crippen LogP contribution in [0.5, 0.6) is 11.5 Å². The molecule has 0 spiro atoms. The minimum atomic E-state index is -0.983. The highest BCUT2D eigenvalue weighted by Gasteiger charge is 2.11. The number of methoxy groups -OCH3 is 1. The fraction of sp³-hybridized carbons (Fsp3) is 0.238. The lowest BCUT2D eigenvalue weighted by Gasteiger charge is -2.12. The van der Waals surface area contributed by atoms with Crippen LogP contribution in [0.1, 0.15) is 35.3 Å². The van der Waals surface area contributed by atoms with Gasteiger partial charge in [0.2, 0.25) is 0 Å². The monoisotopic (exact) mass is 354 g/mol. The fourth-order valence-corrected chi connectivity index (χ4v) is 2.47. The highest BCUT2D eigenvalue weighted by molar-refractivity contribution is 6.07. The molecule has 5 nitrogen and oxygen atoms in total. The summed E-state index contributed by atoms with van der Waals surface area (Å²) >= 11 is 0. The Balaban J connectivity index is 2.25. The zero-order valence-electron chi connectivity index (χ0n) is 15.1. The van der Waals surface area contributed by atoms with Crippen LogP contribution >= 0.6 is 0 Å². The van der Waals surface area contributed by atoms with Gasteiger partial charge < -0.3 is 14.6 Å². The van der Waals surface area contributed by atoms with E-state index in [4.69, 9.17) is 14.6 Å². The first kappa shape index (κ1) is 19.2. The van der Waals surface area contributed by atoms with E-state index in [9.17, 15) is 9.59 Å². The largest absolute Gasteiger partial charge is 0.496 e. The quantitative estimate of drug-likeness (QED) is 0.573. The molecule has 26 heavy (non-hydrogen) atoms. The summed E-state index contributed by atoms with van der Waals surface area (Å²) in [4.78, 5) is 23.5. The Bertz CT molecular complexity index is 821. The summed E-state index contributed by atoms with van der Waals surface area (Å²) in [5.41, 5.74) is 1.66. The molecule has 0 atom stereocenters. The van der Waals surface area contributed by atoms with Gasteiger partial charge in [-0.05, 0) is 50.3 Å². The Labute approximate surface area is 152 Å². The van der Waals surface area contributed by atoms with Crippen LogP contribution in [0.4, 0.5) is 0 Å². The maximum atomic E-state index is 12.5. The van der Waals surface area contributed by atoms with Crippen molar-refractivity contribution in [3.8, 4) is 11.5 Å². The maximum Gasteiger partial charge on any atom is 0.307 e. The van der Waals surface area contributed by atoms with Crippen LogP contribution in [0.25, 0.3) is 6.08 Å². The van der Waals surface area contributed by atoms with E-state index in [0.29, 0.717) is 22.6 Å². The summed E-state index contributed by atoms with van der Waals surface area (Å²) in [6.07, 6.45) is 2.97. The SMILES string of the molecule is COc1ccc(C(=O)/C=C/c2ccccc2OC(C)C)cc1CC(=O)O. The van der Waals surface area contributed by atoms with Gasteiger partial charge in [-0.3, -0.25) is 9.59 Å². The molecule has 5 heteroatoms. The number of hydrogen-bond acceptors (Lipinski definition) is 4. The topological polar surface area (TPSA) is 72.8 Å². The molecular formula is C21H22O5. The number of carboxylic acids is 1. The van der Waals surface area contributed by atoms with Crippen molar-refractivity contribution < 1.29 is 24.2 Å². The third-order valence-corrected chi connectivity index (χ3v) is 3.60. The normalized spacial score (nSPS) is 10.9. The average molecular weight is 354 g/mol. The second-order valence-corrected chi connectivity index (χ2v) is 6.00. The molecule has 0 heterocycles. The Morgan fingerprint density at radius 1 is 1.12 bits per heavy atom. The molecule has 0 aliphatic rings. The van der Waals surface area contributed by atoms with Crippen LogP contribution in [-0.4, -0.2) is 30.1 Å². The third kappa shape index (κ3) is 5.21. The van der Waals surface area contributed by atoms with E-state index >= 15 is 0 Å². The van der Waals surface area contributed by atoms with E-state index < -0.39 is 5.97 Å². The smallest absolute Gasteiger partial charge is 0.307 e. The number of allylic oxidation sites excluding steroid dienone is 1. The molecule has 0 saturated carbocycles. The van der Waals surface area contributed by atoms with Gasteiger partial charge in [0, 0.05) is 16.7 Å². The Morgan fingerprint density at radius 3 is 2.50 bits per heavy atom. The molecule has 0 aromatic heterocycles. The van der Waals surface area contributed by atoms with Crippen molar-refractivity contribution in [3.05, 3.63) is 65.2 Å². The minimum Gasteiger partial charge on any atom is -0.496 e. The third-order valence-electron chi connectivity index (χ3n) is 3.60. The maximum absolute atomic E-state index is 12.5. The van der Waals surface area contributed by atoms with E-state index in [1.165, 1.54) is 13.2 Å². The van der Waals surface area contributed by atoms with Crippen LogP contribution in [0.3, 0.4) is 0 Å². The van der Waals surface area contributed by atoms with Crippen molar-refractivity contribution >= 4 is 17.8 Å². The van der Waals surface area contributed by atoms with Gasteiger partial charge in [0.05, 0.1) is 19.6 Å². The molecule has 0 saturated heterocycles. The summed E-state index contributed by atoms with van der Waals surface area (Å²) in [6, 6.07) is 12.2. The van der Waals surface area contributed by atoms with E-state index in [0.717, 1.165) is 5.56 Å². The summed E-state index contributed by atoms with van der Waals surface area (Å²) in [7, 11) is 1.47. The van der Waals surface area contributed by atoms with Crippen LogP contribution in [0, 0.1) is 0 Å². The number of carbonyl (C=O) groups excluding carboxylic acids is 1. The molecule has 0 amide bonds. The molecule has 0 radical (unpaired) electrons. The van der Waals surface area contributed by atoms with Gasteiger partial charge in [0.15, 0.2) is 5.78 Å².